The Bertz CT molecular complexity index is 780. The Kier molecular flexibility index (Phi) is 5.90. The summed E-state index contributed by atoms with van der Waals surface area (Å²) < 4.78 is 5.37. The van der Waals surface area contributed by atoms with Crippen LogP contribution in [0.25, 0.3) is 0 Å². The van der Waals surface area contributed by atoms with Crippen LogP contribution in [0.2, 0.25) is 0 Å². The van der Waals surface area contributed by atoms with Gasteiger partial charge in [0, 0.05) is 11.6 Å². The number of carbonyl (C=O) groups excluding carboxylic acids is 1. The molecule has 2 aromatic rings. The summed E-state index contributed by atoms with van der Waals surface area (Å²) in [5.41, 5.74) is 0.928. The van der Waals surface area contributed by atoms with E-state index in [1.807, 2.05) is 26.0 Å². The quantitative estimate of drug-likeness (QED) is 0.868. The molecule has 1 unspecified atom stereocenters. The van der Waals surface area contributed by atoms with Crippen molar-refractivity contribution in [1.29, 1.82) is 0 Å². The second-order valence-corrected chi connectivity index (χ2v) is 6.01. The molecule has 0 bridgehead atoms. The molecule has 5 heteroatoms. The van der Waals surface area contributed by atoms with Crippen molar-refractivity contribution in [2.24, 2.45) is 0 Å². The average molecular weight is 328 g/mol. The zero-order valence-electron chi connectivity index (χ0n) is 14.7. The molecule has 0 fully saturated rings. The van der Waals surface area contributed by atoms with E-state index < -0.39 is 11.5 Å². The Morgan fingerprint density at radius 1 is 1.33 bits per heavy atom. The fourth-order valence-corrected chi connectivity index (χ4v) is 2.65. The summed E-state index contributed by atoms with van der Waals surface area (Å²) in [5.74, 6) is 0.724. The fourth-order valence-electron chi connectivity index (χ4n) is 2.65. The molecule has 5 nitrogen and oxygen atoms in total. The van der Waals surface area contributed by atoms with Gasteiger partial charge in [-0.2, -0.15) is 0 Å². The van der Waals surface area contributed by atoms with E-state index in [2.05, 4.69) is 17.2 Å². The number of carbonyl (C=O) groups is 1. The minimum absolute atomic E-state index is 0.0335. The number of aryl methyl sites for hydroxylation is 2. The lowest BCUT2D eigenvalue weighted by molar-refractivity contribution is 0.102. The van der Waals surface area contributed by atoms with Crippen LogP contribution in [0.5, 0.6) is 0 Å². The van der Waals surface area contributed by atoms with Crippen molar-refractivity contribution >= 4 is 11.7 Å². The van der Waals surface area contributed by atoms with Crippen LogP contribution in [-0.4, -0.2) is 10.9 Å². The van der Waals surface area contributed by atoms with E-state index in [0.29, 0.717) is 17.1 Å². The Balaban J connectivity index is 2.27. The van der Waals surface area contributed by atoms with Crippen molar-refractivity contribution in [3.63, 3.8) is 0 Å². The second kappa shape index (κ2) is 7.90. The highest BCUT2D eigenvalue weighted by Crippen LogP contribution is 2.21. The standard InChI is InChI=1S/C19H24N2O3/c1-5-8-12(3)15-11-13(4)17(19(23)24-15)18(22)21-16-10-7-9-14(6-2)20-16/h7,9-12H,5-6,8H2,1-4H3,(H,20,21,22). The summed E-state index contributed by atoms with van der Waals surface area (Å²) in [6.07, 6.45) is 2.71. The number of pyridine rings is 1. The summed E-state index contributed by atoms with van der Waals surface area (Å²) in [5, 5.41) is 2.68. The average Bonchev–Trinajstić information content (AvgIpc) is 2.54. The van der Waals surface area contributed by atoms with Gasteiger partial charge in [-0.05, 0) is 43.5 Å². The number of nitrogens with one attached hydrogen (secondary N) is 1. The van der Waals surface area contributed by atoms with Crippen molar-refractivity contribution in [1.82, 2.24) is 4.98 Å². The SMILES string of the molecule is CCCC(C)c1cc(C)c(C(=O)Nc2cccc(CC)n2)c(=O)o1. The van der Waals surface area contributed by atoms with Gasteiger partial charge in [0.2, 0.25) is 0 Å². The molecule has 2 aromatic heterocycles. The maximum absolute atomic E-state index is 12.5. The van der Waals surface area contributed by atoms with Gasteiger partial charge in [0.05, 0.1) is 0 Å². The maximum Gasteiger partial charge on any atom is 0.349 e. The largest absolute Gasteiger partial charge is 0.427 e. The molecule has 0 radical (unpaired) electrons. The summed E-state index contributed by atoms with van der Waals surface area (Å²) >= 11 is 0. The molecule has 2 heterocycles. The Hall–Kier alpha value is -2.43. The van der Waals surface area contributed by atoms with Gasteiger partial charge in [0.15, 0.2) is 0 Å². The Morgan fingerprint density at radius 3 is 2.71 bits per heavy atom. The third-order valence-corrected chi connectivity index (χ3v) is 4.01. The van der Waals surface area contributed by atoms with Crippen molar-refractivity contribution in [3.05, 3.63) is 57.3 Å². The first-order valence-electron chi connectivity index (χ1n) is 8.38. The van der Waals surface area contributed by atoms with Crippen LogP contribution >= 0.6 is 0 Å². The molecule has 0 aromatic carbocycles. The van der Waals surface area contributed by atoms with Crippen LogP contribution in [0.3, 0.4) is 0 Å². The van der Waals surface area contributed by atoms with E-state index >= 15 is 0 Å². The highest BCUT2D eigenvalue weighted by Gasteiger charge is 2.19. The minimum atomic E-state index is -0.600. The molecule has 0 saturated carbocycles. The van der Waals surface area contributed by atoms with Gasteiger partial charge in [0.1, 0.15) is 17.1 Å². The molecule has 1 atom stereocenters. The van der Waals surface area contributed by atoms with Crippen LogP contribution < -0.4 is 10.9 Å². The predicted octanol–water partition coefficient (Wildman–Crippen LogP) is 4.06. The third-order valence-electron chi connectivity index (χ3n) is 4.01. The lowest BCUT2D eigenvalue weighted by Crippen LogP contribution is -2.23. The van der Waals surface area contributed by atoms with Crippen LogP contribution in [0.1, 0.15) is 66.9 Å². The van der Waals surface area contributed by atoms with E-state index in [1.165, 1.54) is 0 Å². The van der Waals surface area contributed by atoms with Crippen molar-refractivity contribution in [2.75, 3.05) is 5.32 Å². The van der Waals surface area contributed by atoms with E-state index in [0.717, 1.165) is 25.0 Å². The van der Waals surface area contributed by atoms with E-state index in [-0.39, 0.29) is 11.5 Å². The van der Waals surface area contributed by atoms with Gasteiger partial charge in [-0.25, -0.2) is 9.78 Å². The summed E-state index contributed by atoms with van der Waals surface area (Å²) in [7, 11) is 0. The number of anilines is 1. The van der Waals surface area contributed by atoms with E-state index in [1.54, 1.807) is 19.1 Å². The molecule has 24 heavy (non-hydrogen) atoms. The second-order valence-electron chi connectivity index (χ2n) is 6.01. The molecular weight excluding hydrogens is 304 g/mol. The van der Waals surface area contributed by atoms with Crippen LogP contribution in [0.4, 0.5) is 5.82 Å². The van der Waals surface area contributed by atoms with Crippen molar-refractivity contribution in [3.8, 4) is 0 Å². The first-order valence-corrected chi connectivity index (χ1v) is 8.38. The van der Waals surface area contributed by atoms with Gasteiger partial charge in [-0.3, -0.25) is 4.79 Å². The third kappa shape index (κ3) is 4.10. The highest BCUT2D eigenvalue weighted by atomic mass is 16.4. The predicted molar refractivity (Wildman–Crippen MR) is 94.6 cm³/mol. The van der Waals surface area contributed by atoms with E-state index in [9.17, 15) is 9.59 Å². The molecule has 2 rings (SSSR count). The van der Waals surface area contributed by atoms with Gasteiger partial charge in [0.25, 0.3) is 5.91 Å². The minimum Gasteiger partial charge on any atom is -0.427 e. The van der Waals surface area contributed by atoms with Gasteiger partial charge in [-0.15, -0.1) is 0 Å². The van der Waals surface area contributed by atoms with Crippen LogP contribution in [-0.2, 0) is 6.42 Å². The van der Waals surface area contributed by atoms with Crippen molar-refractivity contribution < 1.29 is 9.21 Å². The molecular formula is C19H24N2O3. The fraction of sp³-hybridized carbons (Fsp3) is 0.421. The molecule has 0 spiro atoms. The van der Waals surface area contributed by atoms with Crippen molar-refractivity contribution in [2.45, 2.75) is 52.9 Å². The van der Waals surface area contributed by atoms with E-state index in [4.69, 9.17) is 4.42 Å². The van der Waals surface area contributed by atoms with Gasteiger partial charge < -0.3 is 9.73 Å². The first kappa shape index (κ1) is 17.9. The smallest absolute Gasteiger partial charge is 0.349 e. The lowest BCUT2D eigenvalue weighted by Gasteiger charge is -2.12. The van der Waals surface area contributed by atoms with Crippen LogP contribution in [0, 0.1) is 6.92 Å². The topological polar surface area (TPSA) is 72.2 Å². The Labute approximate surface area is 142 Å². The normalized spacial score (nSPS) is 12.0. The number of hydrogen-bond acceptors (Lipinski definition) is 4. The number of rotatable bonds is 6. The molecule has 0 aliphatic carbocycles. The number of amides is 1. The molecule has 1 amide bonds. The molecule has 128 valence electrons. The first-order chi connectivity index (χ1) is 11.5. The molecule has 0 saturated heterocycles. The highest BCUT2D eigenvalue weighted by molar-refractivity contribution is 6.04. The van der Waals surface area contributed by atoms with Gasteiger partial charge >= 0.3 is 5.63 Å². The zero-order valence-corrected chi connectivity index (χ0v) is 14.7. The zero-order chi connectivity index (χ0) is 17.7. The molecule has 0 aliphatic rings. The number of nitrogens with zero attached hydrogens (tertiary/aromatic N) is 1. The summed E-state index contributed by atoms with van der Waals surface area (Å²) in [4.78, 5) is 29.0. The molecule has 0 aliphatic heterocycles. The number of hydrogen-bond donors (Lipinski definition) is 1. The lowest BCUT2D eigenvalue weighted by atomic mass is 10.0. The van der Waals surface area contributed by atoms with Crippen LogP contribution in [0.15, 0.2) is 33.5 Å². The summed E-state index contributed by atoms with van der Waals surface area (Å²) in [6, 6.07) is 7.20. The monoisotopic (exact) mass is 328 g/mol. The summed E-state index contributed by atoms with van der Waals surface area (Å²) in [6.45, 7) is 7.84. The maximum atomic E-state index is 12.5. The number of aromatic nitrogens is 1. The van der Waals surface area contributed by atoms with Gasteiger partial charge in [-0.1, -0.05) is 33.3 Å². The Morgan fingerprint density at radius 2 is 2.08 bits per heavy atom. The molecule has 1 N–H and O–H groups in total.